The first-order chi connectivity index (χ1) is 20.2. The van der Waals surface area contributed by atoms with Crippen molar-refractivity contribution in [3.63, 3.8) is 0 Å². The van der Waals surface area contributed by atoms with Crippen LogP contribution in [0.4, 0.5) is 5.69 Å². The van der Waals surface area contributed by atoms with Crippen LogP contribution in [-0.4, -0.2) is 75.6 Å². The molecule has 2 fully saturated rings. The van der Waals surface area contributed by atoms with Gasteiger partial charge in [-0.05, 0) is 43.9 Å². The molecule has 4 aliphatic rings. The summed E-state index contributed by atoms with van der Waals surface area (Å²) in [5, 5.41) is 10.4. The van der Waals surface area contributed by atoms with Crippen molar-refractivity contribution >= 4 is 23.4 Å². The number of carbonyl (C=O) groups is 3. The maximum Gasteiger partial charge on any atom is 0.253 e. The van der Waals surface area contributed by atoms with E-state index in [4.69, 9.17) is 4.74 Å². The molecule has 2 aromatic rings. The molecule has 8 nitrogen and oxygen atoms in total. The Morgan fingerprint density at radius 3 is 2.26 bits per heavy atom. The SMILES string of the molecule is CC[C@@H](CO)N1C(=O)[C@@H]2[C@H]3C(=O)N(Cc4ccccc4)CC=C[C@@]3(C)O[C@@]23C=CCN(c2c(C)cccc2C)C(=O)C13. The van der Waals surface area contributed by atoms with Gasteiger partial charge < -0.3 is 24.5 Å². The lowest BCUT2D eigenvalue weighted by molar-refractivity contribution is -0.151. The number of likely N-dealkylation sites (tertiary alicyclic amines) is 1. The summed E-state index contributed by atoms with van der Waals surface area (Å²) in [7, 11) is 0. The molecule has 1 spiro atoms. The molecule has 4 aliphatic heterocycles. The largest absolute Gasteiger partial charge is 0.394 e. The van der Waals surface area contributed by atoms with Crippen molar-refractivity contribution in [2.45, 2.75) is 63.9 Å². The van der Waals surface area contributed by atoms with Crippen molar-refractivity contribution in [1.29, 1.82) is 0 Å². The molecule has 0 bridgehead atoms. The van der Waals surface area contributed by atoms with Crippen molar-refractivity contribution in [2.75, 3.05) is 24.6 Å². The molecule has 0 radical (unpaired) electrons. The predicted molar refractivity (Wildman–Crippen MR) is 159 cm³/mol. The van der Waals surface area contributed by atoms with Gasteiger partial charge in [0, 0.05) is 25.3 Å². The van der Waals surface area contributed by atoms with Gasteiger partial charge >= 0.3 is 0 Å². The molecule has 0 saturated carbocycles. The van der Waals surface area contributed by atoms with Gasteiger partial charge in [-0.15, -0.1) is 0 Å². The van der Waals surface area contributed by atoms with E-state index < -0.39 is 35.1 Å². The number of fused-ring (bicyclic) bond motifs is 2. The molecule has 1 unspecified atom stereocenters. The van der Waals surface area contributed by atoms with E-state index in [9.17, 15) is 19.5 Å². The fraction of sp³-hybridized carbons (Fsp3) is 0.441. The number of aliphatic hydroxyl groups excluding tert-OH is 1. The monoisotopic (exact) mass is 569 g/mol. The Morgan fingerprint density at radius 2 is 1.60 bits per heavy atom. The molecule has 2 saturated heterocycles. The highest BCUT2D eigenvalue weighted by molar-refractivity contribution is 6.06. The molecule has 42 heavy (non-hydrogen) atoms. The standard InChI is InChI=1S/C34H39N3O5/c1-5-25(21-38)37-29-32(41)36(28-22(2)12-9-13-23(28)3)19-11-17-34(29)27(31(37)40)26-30(39)35(18-10-16-33(26,4)42-34)20-24-14-7-6-8-15-24/h6-17,25-27,29,38H,5,18-21H2,1-4H3/t25-,26-,27-,29?,33+,34-/m0/s1. The number of hydrogen-bond donors (Lipinski definition) is 1. The van der Waals surface area contributed by atoms with Crippen LogP contribution < -0.4 is 4.90 Å². The van der Waals surface area contributed by atoms with Crippen molar-refractivity contribution in [1.82, 2.24) is 9.80 Å². The van der Waals surface area contributed by atoms with E-state index in [2.05, 4.69) is 0 Å². The zero-order valence-corrected chi connectivity index (χ0v) is 24.7. The number of carbonyl (C=O) groups excluding carboxylic acids is 3. The predicted octanol–water partition coefficient (Wildman–Crippen LogP) is 3.55. The summed E-state index contributed by atoms with van der Waals surface area (Å²) in [5.74, 6) is -2.51. The highest BCUT2D eigenvalue weighted by Crippen LogP contribution is 2.58. The second-order valence-corrected chi connectivity index (χ2v) is 12.2. The van der Waals surface area contributed by atoms with Gasteiger partial charge in [0.1, 0.15) is 11.6 Å². The quantitative estimate of drug-likeness (QED) is 0.538. The molecule has 0 aliphatic carbocycles. The number of amides is 3. The molecule has 3 amide bonds. The fourth-order valence-electron chi connectivity index (χ4n) is 7.70. The van der Waals surface area contributed by atoms with Crippen LogP contribution in [0.2, 0.25) is 0 Å². The number of hydrogen-bond acceptors (Lipinski definition) is 5. The second kappa shape index (κ2) is 10.5. The molecule has 8 heteroatoms. The van der Waals surface area contributed by atoms with Crippen molar-refractivity contribution in [2.24, 2.45) is 11.8 Å². The van der Waals surface area contributed by atoms with Gasteiger partial charge in [-0.1, -0.05) is 79.8 Å². The number of aryl methyl sites for hydroxylation is 2. The number of benzene rings is 2. The molecule has 4 heterocycles. The maximum atomic E-state index is 14.7. The summed E-state index contributed by atoms with van der Waals surface area (Å²) < 4.78 is 6.94. The summed E-state index contributed by atoms with van der Waals surface area (Å²) in [5.41, 5.74) is 1.25. The van der Waals surface area contributed by atoms with Crippen molar-refractivity contribution in [3.05, 3.63) is 89.5 Å². The Morgan fingerprint density at radius 1 is 0.905 bits per heavy atom. The van der Waals surface area contributed by atoms with Crippen LogP contribution in [0.5, 0.6) is 0 Å². The van der Waals surface area contributed by atoms with Crippen LogP contribution in [0.15, 0.2) is 72.8 Å². The molecule has 6 atom stereocenters. The molecule has 220 valence electrons. The number of rotatable bonds is 6. The van der Waals surface area contributed by atoms with E-state index in [1.165, 1.54) is 4.90 Å². The van der Waals surface area contributed by atoms with Crippen LogP contribution in [0, 0.1) is 25.7 Å². The van der Waals surface area contributed by atoms with Gasteiger partial charge in [0.2, 0.25) is 11.8 Å². The summed E-state index contributed by atoms with van der Waals surface area (Å²) >= 11 is 0. The van der Waals surface area contributed by atoms with Crippen molar-refractivity contribution < 1.29 is 24.2 Å². The lowest BCUT2D eigenvalue weighted by atomic mass is 9.74. The smallest absolute Gasteiger partial charge is 0.253 e. The molecular weight excluding hydrogens is 530 g/mol. The zero-order chi connectivity index (χ0) is 29.8. The number of nitrogens with zero attached hydrogens (tertiary/aromatic N) is 3. The molecule has 1 N–H and O–H groups in total. The summed E-state index contributed by atoms with van der Waals surface area (Å²) in [6, 6.07) is 14.1. The highest BCUT2D eigenvalue weighted by atomic mass is 16.5. The first-order valence-corrected chi connectivity index (χ1v) is 14.9. The third-order valence-electron chi connectivity index (χ3n) is 9.58. The average molecular weight is 570 g/mol. The first kappa shape index (κ1) is 28.4. The summed E-state index contributed by atoms with van der Waals surface area (Å²) in [6.07, 6.45) is 8.05. The Balaban J connectivity index is 1.48. The van der Waals surface area contributed by atoms with Gasteiger partial charge in [0.25, 0.3) is 5.91 Å². The van der Waals surface area contributed by atoms with E-state index >= 15 is 0 Å². The Bertz CT molecular complexity index is 1450. The lowest BCUT2D eigenvalue weighted by Gasteiger charge is -2.40. The Labute approximate surface area is 247 Å². The second-order valence-electron chi connectivity index (χ2n) is 12.2. The topological polar surface area (TPSA) is 90.4 Å². The minimum atomic E-state index is -1.36. The fourth-order valence-corrected chi connectivity index (χ4v) is 7.70. The third-order valence-corrected chi connectivity index (χ3v) is 9.58. The third kappa shape index (κ3) is 4.14. The van der Waals surface area contributed by atoms with Crippen LogP contribution in [-0.2, 0) is 25.7 Å². The normalized spacial score (nSPS) is 31.1. The lowest BCUT2D eigenvalue weighted by Crippen LogP contribution is -2.59. The summed E-state index contributed by atoms with van der Waals surface area (Å²) in [4.78, 5) is 48.8. The first-order valence-electron chi connectivity index (χ1n) is 14.9. The van der Waals surface area contributed by atoms with Crippen LogP contribution in [0.3, 0.4) is 0 Å². The van der Waals surface area contributed by atoms with Gasteiger partial charge in [-0.25, -0.2) is 0 Å². The number of anilines is 1. The number of para-hydroxylation sites is 1. The maximum absolute atomic E-state index is 14.7. The molecule has 0 aromatic heterocycles. The van der Waals surface area contributed by atoms with Gasteiger partial charge in [0.15, 0.2) is 0 Å². The van der Waals surface area contributed by atoms with E-state index in [1.807, 2.05) is 101 Å². The Kier molecular flexibility index (Phi) is 7.10. The van der Waals surface area contributed by atoms with E-state index in [0.717, 1.165) is 22.4 Å². The Hall–Kier alpha value is -3.75. The molecular formula is C34H39N3O5. The average Bonchev–Trinajstić information content (AvgIpc) is 3.25. The van der Waals surface area contributed by atoms with Gasteiger partial charge in [-0.3, -0.25) is 14.4 Å². The minimum absolute atomic E-state index is 0.170. The van der Waals surface area contributed by atoms with E-state index in [-0.39, 0.29) is 24.3 Å². The van der Waals surface area contributed by atoms with Gasteiger partial charge in [-0.2, -0.15) is 0 Å². The zero-order valence-electron chi connectivity index (χ0n) is 24.7. The van der Waals surface area contributed by atoms with Crippen LogP contribution >= 0.6 is 0 Å². The van der Waals surface area contributed by atoms with E-state index in [0.29, 0.717) is 26.1 Å². The number of ether oxygens (including phenoxy) is 1. The van der Waals surface area contributed by atoms with Crippen molar-refractivity contribution in [3.8, 4) is 0 Å². The van der Waals surface area contributed by atoms with E-state index in [1.54, 1.807) is 9.80 Å². The molecule has 6 rings (SSSR count). The van der Waals surface area contributed by atoms with Crippen LogP contribution in [0.25, 0.3) is 0 Å². The van der Waals surface area contributed by atoms with Gasteiger partial charge in [0.05, 0.1) is 30.1 Å². The number of aliphatic hydroxyl groups is 1. The highest BCUT2D eigenvalue weighted by Gasteiger charge is 2.75. The van der Waals surface area contributed by atoms with Crippen LogP contribution in [0.1, 0.15) is 37.0 Å². The summed E-state index contributed by atoms with van der Waals surface area (Å²) in [6.45, 7) is 8.50. The molecule has 2 aromatic carbocycles. The minimum Gasteiger partial charge on any atom is -0.394 e.